The van der Waals surface area contributed by atoms with Crippen molar-refractivity contribution in [2.24, 2.45) is 0 Å². The van der Waals surface area contributed by atoms with E-state index in [2.05, 4.69) is 0 Å². The summed E-state index contributed by atoms with van der Waals surface area (Å²) >= 11 is 7.07. The molecule has 11 heteroatoms. The molecule has 1 N–H and O–H groups in total. The number of amides is 1. The van der Waals surface area contributed by atoms with Crippen molar-refractivity contribution in [1.82, 2.24) is 4.90 Å². The lowest BCUT2D eigenvalue weighted by molar-refractivity contribution is -0.0429. The zero-order chi connectivity index (χ0) is 18.8. The number of carbonyl (C=O) groups excluding carboxylic acids is 1. The largest absolute Gasteiger partial charge is 0.516 e. The van der Waals surface area contributed by atoms with Crippen molar-refractivity contribution < 1.29 is 26.4 Å². The molecular weight excluding hydrogens is 401 g/mol. The smallest absolute Gasteiger partial charge is 0.336 e. The Morgan fingerprint density at radius 1 is 1.24 bits per heavy atom. The molecular formula is C14H12ClF3N2O3S2. The van der Waals surface area contributed by atoms with Gasteiger partial charge in [0.15, 0.2) is 0 Å². The molecule has 1 amide bonds. The minimum absolute atomic E-state index is 0.177. The lowest BCUT2D eigenvalue weighted by Crippen LogP contribution is -2.32. The molecule has 136 valence electrons. The van der Waals surface area contributed by atoms with Gasteiger partial charge in [0, 0.05) is 11.9 Å². The van der Waals surface area contributed by atoms with Gasteiger partial charge >= 0.3 is 15.5 Å². The van der Waals surface area contributed by atoms with Crippen LogP contribution in [0.5, 0.6) is 0 Å². The van der Waals surface area contributed by atoms with E-state index in [0.29, 0.717) is 4.34 Å². The molecule has 1 heterocycles. The molecule has 25 heavy (non-hydrogen) atoms. The van der Waals surface area contributed by atoms with E-state index in [1.54, 1.807) is 12.1 Å². The van der Waals surface area contributed by atoms with Crippen LogP contribution in [0.15, 0.2) is 36.4 Å². The Morgan fingerprint density at radius 3 is 2.44 bits per heavy atom. The maximum absolute atomic E-state index is 12.5. The first kappa shape index (κ1) is 19.5. The normalized spacial score (nSPS) is 12.0. The van der Waals surface area contributed by atoms with Crippen molar-refractivity contribution in [3.63, 3.8) is 0 Å². The fourth-order valence-corrected chi connectivity index (χ4v) is 3.63. The molecule has 0 spiro atoms. The van der Waals surface area contributed by atoms with Crippen molar-refractivity contribution in [3.05, 3.63) is 51.2 Å². The number of carbonyl (C=O) groups is 1. The second kappa shape index (κ2) is 7.22. The second-order valence-electron chi connectivity index (χ2n) is 4.96. The third-order valence-corrected chi connectivity index (χ3v) is 5.39. The van der Waals surface area contributed by atoms with Crippen LogP contribution in [0.3, 0.4) is 0 Å². The van der Waals surface area contributed by atoms with Gasteiger partial charge in [0.2, 0.25) is 0 Å². The highest BCUT2D eigenvalue weighted by Crippen LogP contribution is 2.28. The first-order chi connectivity index (χ1) is 11.5. The van der Waals surface area contributed by atoms with Crippen LogP contribution < -0.4 is 4.72 Å². The minimum atomic E-state index is -5.62. The Bertz CT molecular complexity index is 881. The molecule has 0 aliphatic heterocycles. The van der Waals surface area contributed by atoms with E-state index in [1.165, 1.54) is 46.2 Å². The lowest BCUT2D eigenvalue weighted by atomic mass is 10.1. The van der Waals surface area contributed by atoms with Gasteiger partial charge in [-0.05, 0) is 24.3 Å². The van der Waals surface area contributed by atoms with Gasteiger partial charge in [-0.25, -0.2) is 0 Å². The van der Waals surface area contributed by atoms with Gasteiger partial charge in [-0.2, -0.15) is 21.6 Å². The van der Waals surface area contributed by atoms with E-state index < -0.39 is 27.1 Å². The van der Waals surface area contributed by atoms with E-state index in [-0.39, 0.29) is 12.1 Å². The van der Waals surface area contributed by atoms with Crippen LogP contribution in [-0.2, 0) is 16.6 Å². The number of hydrogen-bond acceptors (Lipinski definition) is 4. The standard InChI is InChI=1S/C14H12ClF3N2O3S2/c1-20(8-9-6-7-12(15)24-9)13(21)10-4-2-3-5-11(10)19-25(22,23)14(16,17)18/h2-7,19H,8H2,1H3. The fraction of sp³-hybridized carbons (Fsp3) is 0.214. The fourth-order valence-electron chi connectivity index (χ4n) is 1.91. The number of para-hydroxylation sites is 1. The summed E-state index contributed by atoms with van der Waals surface area (Å²) in [6, 6.07) is 8.46. The van der Waals surface area contributed by atoms with Crippen LogP contribution in [0.2, 0.25) is 4.34 Å². The lowest BCUT2D eigenvalue weighted by Gasteiger charge is -2.19. The Hall–Kier alpha value is -1.78. The summed E-state index contributed by atoms with van der Waals surface area (Å²) in [5, 5.41) is 0. The van der Waals surface area contributed by atoms with Crippen molar-refractivity contribution in [3.8, 4) is 0 Å². The molecule has 0 aliphatic carbocycles. The Kier molecular flexibility index (Phi) is 5.65. The van der Waals surface area contributed by atoms with E-state index in [9.17, 15) is 26.4 Å². The van der Waals surface area contributed by atoms with Crippen molar-refractivity contribution in [2.75, 3.05) is 11.8 Å². The SMILES string of the molecule is CN(Cc1ccc(Cl)s1)C(=O)c1ccccc1NS(=O)(=O)C(F)(F)F. The van der Waals surface area contributed by atoms with E-state index in [0.717, 1.165) is 10.9 Å². The minimum Gasteiger partial charge on any atom is -0.336 e. The molecule has 2 aromatic rings. The molecule has 0 atom stereocenters. The molecule has 0 saturated carbocycles. The van der Waals surface area contributed by atoms with Gasteiger partial charge in [0.05, 0.1) is 22.1 Å². The number of nitrogens with one attached hydrogen (secondary N) is 1. The van der Waals surface area contributed by atoms with E-state index in [4.69, 9.17) is 11.6 Å². The number of benzene rings is 1. The van der Waals surface area contributed by atoms with Crippen molar-refractivity contribution in [1.29, 1.82) is 0 Å². The van der Waals surface area contributed by atoms with Crippen LogP contribution in [-0.4, -0.2) is 31.8 Å². The third kappa shape index (κ3) is 4.65. The highest BCUT2D eigenvalue weighted by Gasteiger charge is 2.46. The number of thiophene rings is 1. The topological polar surface area (TPSA) is 66.5 Å². The number of halogens is 4. The first-order valence-electron chi connectivity index (χ1n) is 6.69. The summed E-state index contributed by atoms with van der Waals surface area (Å²) < 4.78 is 62.1. The molecule has 1 aromatic heterocycles. The predicted molar refractivity (Wildman–Crippen MR) is 90.2 cm³/mol. The van der Waals surface area contributed by atoms with Crippen LogP contribution >= 0.6 is 22.9 Å². The third-order valence-electron chi connectivity index (χ3n) is 3.08. The zero-order valence-corrected chi connectivity index (χ0v) is 15.1. The molecule has 0 saturated heterocycles. The molecule has 2 rings (SSSR count). The maximum atomic E-state index is 12.5. The molecule has 0 bridgehead atoms. The highest BCUT2D eigenvalue weighted by atomic mass is 35.5. The summed E-state index contributed by atoms with van der Waals surface area (Å²) in [6.45, 7) is 0.177. The van der Waals surface area contributed by atoms with Gasteiger partial charge in [0.1, 0.15) is 0 Å². The van der Waals surface area contributed by atoms with Crippen LogP contribution in [0.4, 0.5) is 18.9 Å². The first-order valence-corrected chi connectivity index (χ1v) is 9.37. The van der Waals surface area contributed by atoms with Gasteiger partial charge in [0.25, 0.3) is 5.91 Å². The van der Waals surface area contributed by atoms with E-state index >= 15 is 0 Å². The molecule has 0 unspecified atom stereocenters. The van der Waals surface area contributed by atoms with Gasteiger partial charge in [-0.3, -0.25) is 9.52 Å². The van der Waals surface area contributed by atoms with Crippen molar-refractivity contribution in [2.45, 2.75) is 12.1 Å². The van der Waals surface area contributed by atoms with Crippen LogP contribution in [0.25, 0.3) is 0 Å². The summed E-state index contributed by atoms with van der Waals surface area (Å²) in [5.74, 6) is -0.634. The summed E-state index contributed by atoms with van der Waals surface area (Å²) in [6.07, 6.45) is 0. The van der Waals surface area contributed by atoms with Gasteiger partial charge in [-0.1, -0.05) is 23.7 Å². The number of sulfonamides is 1. The van der Waals surface area contributed by atoms with Crippen molar-refractivity contribution >= 4 is 44.6 Å². The summed E-state index contributed by atoms with van der Waals surface area (Å²) in [5.41, 5.74) is -6.12. The highest BCUT2D eigenvalue weighted by molar-refractivity contribution is 7.93. The maximum Gasteiger partial charge on any atom is 0.516 e. The molecule has 5 nitrogen and oxygen atoms in total. The van der Waals surface area contributed by atoms with Gasteiger partial charge < -0.3 is 4.90 Å². The number of rotatable bonds is 5. The summed E-state index contributed by atoms with van der Waals surface area (Å²) in [4.78, 5) is 14.5. The Balaban J connectivity index is 2.26. The molecule has 0 fully saturated rings. The second-order valence-corrected chi connectivity index (χ2v) is 8.44. The number of anilines is 1. The number of nitrogens with zero attached hydrogens (tertiary/aromatic N) is 1. The van der Waals surface area contributed by atoms with Crippen LogP contribution in [0, 0.1) is 0 Å². The molecule has 0 aliphatic rings. The zero-order valence-electron chi connectivity index (χ0n) is 12.7. The molecule has 1 aromatic carbocycles. The number of hydrogen-bond donors (Lipinski definition) is 1. The number of alkyl halides is 3. The Labute approximate surface area is 151 Å². The summed E-state index contributed by atoms with van der Waals surface area (Å²) in [7, 11) is -4.17. The molecule has 0 radical (unpaired) electrons. The monoisotopic (exact) mass is 412 g/mol. The predicted octanol–water partition coefficient (Wildman–Crippen LogP) is 3.94. The average molecular weight is 413 g/mol. The van der Waals surface area contributed by atoms with Crippen LogP contribution in [0.1, 0.15) is 15.2 Å². The van der Waals surface area contributed by atoms with E-state index in [1.807, 2.05) is 0 Å². The quantitative estimate of drug-likeness (QED) is 0.809. The Morgan fingerprint density at radius 2 is 1.88 bits per heavy atom. The average Bonchev–Trinajstić information content (AvgIpc) is 2.90. The van der Waals surface area contributed by atoms with Gasteiger partial charge in [-0.15, -0.1) is 11.3 Å².